The van der Waals surface area contributed by atoms with Gasteiger partial charge in [-0.3, -0.25) is 4.98 Å². The number of anilines is 1. The van der Waals surface area contributed by atoms with Gasteiger partial charge in [0.2, 0.25) is 0 Å². The normalized spacial score (nSPS) is 12.5. The summed E-state index contributed by atoms with van der Waals surface area (Å²) in [5.41, 5.74) is 0.573. The van der Waals surface area contributed by atoms with Crippen molar-refractivity contribution in [3.63, 3.8) is 0 Å². The van der Waals surface area contributed by atoms with Crippen LogP contribution in [0.1, 0.15) is 12.6 Å². The van der Waals surface area contributed by atoms with Crippen LogP contribution in [0.25, 0.3) is 0 Å². The maximum atomic E-state index is 8.94. The minimum Gasteiger partial charge on any atom is -0.390 e. The zero-order valence-electron chi connectivity index (χ0n) is 9.34. The van der Waals surface area contributed by atoms with Crippen LogP contribution in [0, 0.1) is 0 Å². The summed E-state index contributed by atoms with van der Waals surface area (Å²) in [4.78, 5) is 10.2. The second-order valence-corrected chi connectivity index (χ2v) is 3.44. The number of nitrogens with zero attached hydrogens (tertiary/aromatic N) is 3. The van der Waals surface area contributed by atoms with Crippen molar-refractivity contribution in [2.24, 2.45) is 0 Å². The van der Waals surface area contributed by atoms with Gasteiger partial charge in [-0.25, -0.2) is 4.98 Å². The van der Waals surface area contributed by atoms with E-state index in [4.69, 9.17) is 9.84 Å². The van der Waals surface area contributed by atoms with Crippen molar-refractivity contribution in [1.82, 2.24) is 9.97 Å². The average molecular weight is 211 g/mol. The summed E-state index contributed by atoms with van der Waals surface area (Å²) in [7, 11) is 3.59. The van der Waals surface area contributed by atoms with Gasteiger partial charge in [0.1, 0.15) is 5.82 Å². The lowest BCUT2D eigenvalue weighted by Gasteiger charge is -2.25. The Morgan fingerprint density at radius 3 is 2.87 bits per heavy atom. The van der Waals surface area contributed by atoms with E-state index in [0.717, 1.165) is 5.82 Å². The van der Waals surface area contributed by atoms with Crippen LogP contribution in [0.5, 0.6) is 0 Å². The fourth-order valence-corrected chi connectivity index (χ4v) is 1.22. The molecule has 84 valence electrons. The van der Waals surface area contributed by atoms with E-state index < -0.39 is 0 Å². The van der Waals surface area contributed by atoms with E-state index in [-0.39, 0.29) is 12.6 Å². The molecule has 1 unspecified atom stereocenters. The van der Waals surface area contributed by atoms with Crippen LogP contribution in [0.15, 0.2) is 12.4 Å². The molecule has 1 N–H and O–H groups in total. The molecule has 5 heteroatoms. The quantitative estimate of drug-likeness (QED) is 0.766. The minimum absolute atomic E-state index is 0.0899. The molecule has 1 aromatic heterocycles. The fourth-order valence-electron chi connectivity index (χ4n) is 1.22. The molecule has 0 saturated heterocycles. The van der Waals surface area contributed by atoms with Crippen molar-refractivity contribution in [3.8, 4) is 0 Å². The molecule has 0 saturated carbocycles. The van der Waals surface area contributed by atoms with E-state index in [1.54, 1.807) is 19.5 Å². The van der Waals surface area contributed by atoms with Gasteiger partial charge in [-0.2, -0.15) is 0 Å². The molecular formula is C10H17N3O2. The monoisotopic (exact) mass is 211 g/mol. The third-order valence-corrected chi connectivity index (χ3v) is 2.26. The number of hydrogen-bond donors (Lipinski definition) is 1. The fraction of sp³-hybridized carbons (Fsp3) is 0.600. The molecule has 0 aliphatic rings. The summed E-state index contributed by atoms with van der Waals surface area (Å²) >= 11 is 0. The van der Waals surface area contributed by atoms with Gasteiger partial charge in [0.05, 0.1) is 37.3 Å². The van der Waals surface area contributed by atoms with E-state index >= 15 is 0 Å². The van der Waals surface area contributed by atoms with Crippen molar-refractivity contribution >= 4 is 5.82 Å². The number of methoxy groups -OCH3 is 1. The number of rotatable bonds is 5. The molecular weight excluding hydrogens is 194 g/mol. The second-order valence-electron chi connectivity index (χ2n) is 3.44. The highest BCUT2D eigenvalue weighted by Crippen LogP contribution is 2.11. The molecule has 0 aromatic carbocycles. The Kier molecular flexibility index (Phi) is 4.45. The van der Waals surface area contributed by atoms with Crippen molar-refractivity contribution in [2.45, 2.75) is 19.6 Å². The molecule has 0 aliphatic carbocycles. The standard InChI is InChI=1S/C10H17N3O2/c1-8(7-15-3)13(2)10-5-11-4-9(6-14)12-10/h4-5,8,14H,6-7H2,1-3H3. The molecule has 0 aliphatic heterocycles. The van der Waals surface area contributed by atoms with Crippen LogP contribution < -0.4 is 4.90 Å². The van der Waals surface area contributed by atoms with Crippen LogP contribution in [0.4, 0.5) is 5.82 Å². The largest absolute Gasteiger partial charge is 0.390 e. The van der Waals surface area contributed by atoms with E-state index in [2.05, 4.69) is 9.97 Å². The van der Waals surface area contributed by atoms with Crippen LogP contribution in [-0.4, -0.2) is 41.9 Å². The summed E-state index contributed by atoms with van der Waals surface area (Å²) in [6, 6.07) is 0.221. The Morgan fingerprint density at radius 1 is 1.53 bits per heavy atom. The highest BCUT2D eigenvalue weighted by Gasteiger charge is 2.11. The highest BCUT2D eigenvalue weighted by molar-refractivity contribution is 5.36. The molecule has 1 rings (SSSR count). The van der Waals surface area contributed by atoms with Crippen molar-refractivity contribution in [1.29, 1.82) is 0 Å². The lowest BCUT2D eigenvalue weighted by Crippen LogP contribution is -2.33. The van der Waals surface area contributed by atoms with Crippen molar-refractivity contribution in [3.05, 3.63) is 18.1 Å². The molecule has 0 radical (unpaired) electrons. The first-order chi connectivity index (χ1) is 7.19. The van der Waals surface area contributed by atoms with Crippen molar-refractivity contribution < 1.29 is 9.84 Å². The van der Waals surface area contributed by atoms with Crippen LogP contribution >= 0.6 is 0 Å². The molecule has 0 spiro atoms. The van der Waals surface area contributed by atoms with Gasteiger partial charge in [0.15, 0.2) is 0 Å². The zero-order valence-corrected chi connectivity index (χ0v) is 9.34. The Hall–Kier alpha value is -1.20. The van der Waals surface area contributed by atoms with Gasteiger partial charge >= 0.3 is 0 Å². The molecule has 1 heterocycles. The Balaban J connectivity index is 2.76. The number of aliphatic hydroxyl groups excluding tert-OH is 1. The Labute approximate surface area is 89.7 Å². The van der Waals surface area contributed by atoms with Gasteiger partial charge in [0.25, 0.3) is 0 Å². The summed E-state index contributed by atoms with van der Waals surface area (Å²) in [5.74, 6) is 0.742. The number of likely N-dealkylation sites (N-methyl/N-ethyl adjacent to an activating group) is 1. The number of hydrogen-bond acceptors (Lipinski definition) is 5. The highest BCUT2D eigenvalue weighted by atomic mass is 16.5. The first-order valence-corrected chi connectivity index (χ1v) is 4.82. The molecule has 1 aromatic rings. The van der Waals surface area contributed by atoms with Gasteiger partial charge < -0.3 is 14.7 Å². The Bertz CT molecular complexity index is 306. The number of aliphatic hydroxyl groups is 1. The smallest absolute Gasteiger partial charge is 0.147 e. The second kappa shape index (κ2) is 5.63. The third-order valence-electron chi connectivity index (χ3n) is 2.26. The van der Waals surface area contributed by atoms with Gasteiger partial charge in [-0.1, -0.05) is 0 Å². The van der Waals surface area contributed by atoms with E-state index in [1.807, 2.05) is 18.9 Å². The first kappa shape index (κ1) is 11.9. The zero-order chi connectivity index (χ0) is 11.3. The molecule has 1 atom stereocenters. The summed E-state index contributed by atoms with van der Waals surface area (Å²) in [6.07, 6.45) is 3.23. The van der Waals surface area contributed by atoms with Gasteiger partial charge in [-0.05, 0) is 6.92 Å². The molecule has 15 heavy (non-hydrogen) atoms. The lowest BCUT2D eigenvalue weighted by molar-refractivity contribution is 0.183. The summed E-state index contributed by atoms with van der Waals surface area (Å²) in [6.45, 7) is 2.58. The van der Waals surface area contributed by atoms with Crippen LogP contribution in [0.3, 0.4) is 0 Å². The first-order valence-electron chi connectivity index (χ1n) is 4.82. The van der Waals surface area contributed by atoms with Gasteiger partial charge in [-0.15, -0.1) is 0 Å². The van der Waals surface area contributed by atoms with E-state index in [0.29, 0.717) is 12.3 Å². The van der Waals surface area contributed by atoms with Crippen LogP contribution in [0.2, 0.25) is 0 Å². The third kappa shape index (κ3) is 3.14. The molecule has 5 nitrogen and oxygen atoms in total. The number of ether oxygens (including phenoxy) is 1. The summed E-state index contributed by atoms with van der Waals surface area (Å²) < 4.78 is 5.06. The lowest BCUT2D eigenvalue weighted by atomic mass is 10.3. The predicted molar refractivity (Wildman–Crippen MR) is 57.7 cm³/mol. The maximum absolute atomic E-state index is 8.94. The topological polar surface area (TPSA) is 58.5 Å². The Morgan fingerprint density at radius 2 is 2.27 bits per heavy atom. The summed E-state index contributed by atoms with van der Waals surface area (Å²) in [5, 5.41) is 8.94. The number of aromatic nitrogens is 2. The minimum atomic E-state index is -0.0899. The molecule has 0 bridgehead atoms. The molecule has 0 fully saturated rings. The maximum Gasteiger partial charge on any atom is 0.147 e. The average Bonchev–Trinajstić information content (AvgIpc) is 2.28. The van der Waals surface area contributed by atoms with Crippen LogP contribution in [-0.2, 0) is 11.3 Å². The van der Waals surface area contributed by atoms with Crippen molar-refractivity contribution in [2.75, 3.05) is 25.7 Å². The van der Waals surface area contributed by atoms with E-state index in [1.165, 1.54) is 0 Å². The predicted octanol–water partition coefficient (Wildman–Crippen LogP) is 0.440. The SMILES string of the molecule is COCC(C)N(C)c1cncc(CO)n1. The molecule has 0 amide bonds. The van der Waals surface area contributed by atoms with Gasteiger partial charge in [0, 0.05) is 14.2 Å². The van der Waals surface area contributed by atoms with E-state index in [9.17, 15) is 0 Å².